The van der Waals surface area contributed by atoms with Gasteiger partial charge in [-0.15, -0.1) is 11.6 Å². The van der Waals surface area contributed by atoms with E-state index in [0.717, 1.165) is 36.5 Å². The molecule has 1 aromatic rings. The summed E-state index contributed by atoms with van der Waals surface area (Å²) < 4.78 is 13.9. The molecule has 17 heavy (non-hydrogen) atoms. The molecule has 94 valence electrons. The van der Waals surface area contributed by atoms with Gasteiger partial charge in [-0.05, 0) is 24.1 Å². The molecule has 1 unspecified atom stereocenters. The van der Waals surface area contributed by atoms with Crippen molar-refractivity contribution in [3.8, 4) is 0 Å². The predicted molar refractivity (Wildman–Crippen MR) is 74.7 cm³/mol. The highest BCUT2D eigenvalue weighted by Gasteiger charge is 2.21. The minimum atomic E-state index is -0.148. The third-order valence-corrected chi connectivity index (χ3v) is 4.78. The lowest BCUT2D eigenvalue weighted by Crippen LogP contribution is -2.38. The molecule has 1 atom stereocenters. The Bertz CT molecular complexity index is 386. The Kier molecular flexibility index (Phi) is 4.57. The molecule has 1 nitrogen and oxygen atoms in total. The zero-order chi connectivity index (χ0) is 12.3. The first-order valence-corrected chi connectivity index (χ1v) is 7.54. The lowest BCUT2D eigenvalue weighted by Gasteiger charge is -2.33. The van der Waals surface area contributed by atoms with Gasteiger partial charge in [0.15, 0.2) is 0 Å². The molecule has 0 radical (unpaired) electrons. The molecule has 1 fully saturated rings. The first-order valence-electron chi connectivity index (χ1n) is 5.95. The van der Waals surface area contributed by atoms with Crippen LogP contribution in [0.25, 0.3) is 0 Å². The van der Waals surface area contributed by atoms with Crippen molar-refractivity contribution in [1.82, 2.24) is 0 Å². The van der Waals surface area contributed by atoms with Crippen LogP contribution < -0.4 is 4.90 Å². The van der Waals surface area contributed by atoms with Crippen LogP contribution in [0.15, 0.2) is 18.2 Å². The Labute approximate surface area is 111 Å². The van der Waals surface area contributed by atoms with Gasteiger partial charge in [0.1, 0.15) is 5.82 Å². The van der Waals surface area contributed by atoms with Crippen LogP contribution in [-0.4, -0.2) is 24.1 Å². The average molecular weight is 274 g/mol. The maximum absolute atomic E-state index is 13.9. The molecule has 0 aliphatic carbocycles. The summed E-state index contributed by atoms with van der Waals surface area (Å²) in [4.78, 5) is 2.15. The second-order valence-electron chi connectivity index (χ2n) is 4.27. The zero-order valence-corrected chi connectivity index (χ0v) is 11.5. The lowest BCUT2D eigenvalue weighted by molar-refractivity contribution is 0.612. The van der Waals surface area contributed by atoms with Crippen LogP contribution in [0.3, 0.4) is 0 Å². The molecule has 2 rings (SSSR count). The summed E-state index contributed by atoms with van der Waals surface area (Å²) in [6.07, 6.45) is 1.14. The minimum Gasteiger partial charge on any atom is -0.367 e. The third kappa shape index (κ3) is 3.08. The Morgan fingerprint density at radius 3 is 3.00 bits per heavy atom. The van der Waals surface area contributed by atoms with E-state index in [-0.39, 0.29) is 5.82 Å². The molecule has 1 heterocycles. The van der Waals surface area contributed by atoms with E-state index < -0.39 is 0 Å². The fourth-order valence-electron chi connectivity index (χ4n) is 2.08. The molecule has 0 saturated carbocycles. The molecule has 0 aromatic heterocycles. The van der Waals surface area contributed by atoms with Gasteiger partial charge in [-0.3, -0.25) is 0 Å². The molecule has 0 spiro atoms. The fourth-order valence-corrected chi connectivity index (χ4v) is 3.42. The van der Waals surface area contributed by atoms with Gasteiger partial charge >= 0.3 is 0 Å². The first kappa shape index (κ1) is 13.0. The number of hydrogen-bond acceptors (Lipinski definition) is 2. The van der Waals surface area contributed by atoms with E-state index in [0.29, 0.717) is 11.1 Å². The maximum atomic E-state index is 13.9. The van der Waals surface area contributed by atoms with Crippen molar-refractivity contribution in [2.24, 2.45) is 0 Å². The van der Waals surface area contributed by atoms with Crippen LogP contribution >= 0.6 is 23.4 Å². The van der Waals surface area contributed by atoms with Gasteiger partial charge in [0, 0.05) is 30.0 Å². The van der Waals surface area contributed by atoms with E-state index in [1.54, 1.807) is 6.07 Å². The molecule has 1 aromatic carbocycles. The minimum absolute atomic E-state index is 0.148. The second-order valence-corrected chi connectivity index (χ2v) is 5.94. The van der Waals surface area contributed by atoms with Crippen molar-refractivity contribution >= 4 is 29.1 Å². The summed E-state index contributed by atoms with van der Waals surface area (Å²) in [7, 11) is 0. The largest absolute Gasteiger partial charge is 0.367 e. The highest BCUT2D eigenvalue weighted by Crippen LogP contribution is 2.28. The van der Waals surface area contributed by atoms with Gasteiger partial charge < -0.3 is 4.90 Å². The zero-order valence-electron chi connectivity index (χ0n) is 9.96. The van der Waals surface area contributed by atoms with Crippen molar-refractivity contribution in [3.05, 3.63) is 29.6 Å². The van der Waals surface area contributed by atoms with E-state index in [9.17, 15) is 4.39 Å². The molecular formula is C13H17ClFNS. The van der Waals surface area contributed by atoms with Crippen LogP contribution in [0.5, 0.6) is 0 Å². The van der Waals surface area contributed by atoms with Crippen molar-refractivity contribution in [3.63, 3.8) is 0 Å². The SMILES string of the molecule is CCC1CN(c2ccc(CCl)cc2F)CCS1. The van der Waals surface area contributed by atoms with Crippen molar-refractivity contribution in [1.29, 1.82) is 0 Å². The second kappa shape index (κ2) is 5.96. The number of benzene rings is 1. The molecule has 0 N–H and O–H groups in total. The molecule has 1 aliphatic rings. The quantitative estimate of drug-likeness (QED) is 0.769. The Morgan fingerprint density at radius 2 is 2.35 bits per heavy atom. The van der Waals surface area contributed by atoms with E-state index in [4.69, 9.17) is 11.6 Å². The normalized spacial score (nSPS) is 20.6. The summed E-state index contributed by atoms with van der Waals surface area (Å²) in [5.41, 5.74) is 1.56. The monoisotopic (exact) mass is 273 g/mol. The number of alkyl halides is 1. The topological polar surface area (TPSA) is 3.24 Å². The Morgan fingerprint density at radius 1 is 1.53 bits per heavy atom. The van der Waals surface area contributed by atoms with E-state index in [2.05, 4.69) is 11.8 Å². The van der Waals surface area contributed by atoms with Crippen LogP contribution in [0.4, 0.5) is 10.1 Å². The summed E-state index contributed by atoms with van der Waals surface area (Å²) in [6, 6.07) is 5.31. The van der Waals surface area contributed by atoms with Gasteiger partial charge in [0.05, 0.1) is 5.69 Å². The summed E-state index contributed by atoms with van der Waals surface area (Å²) in [5, 5.41) is 0.621. The lowest BCUT2D eigenvalue weighted by atomic mass is 10.2. The van der Waals surface area contributed by atoms with Gasteiger partial charge in [0.2, 0.25) is 0 Å². The smallest absolute Gasteiger partial charge is 0.146 e. The van der Waals surface area contributed by atoms with E-state index in [1.165, 1.54) is 0 Å². The maximum Gasteiger partial charge on any atom is 0.146 e. The summed E-state index contributed by atoms with van der Waals surface area (Å²) in [6.45, 7) is 4.06. The van der Waals surface area contributed by atoms with Gasteiger partial charge in [-0.2, -0.15) is 11.8 Å². The number of anilines is 1. The number of halogens is 2. The predicted octanol–water partition coefficient (Wildman–Crippen LogP) is 3.90. The van der Waals surface area contributed by atoms with Crippen LogP contribution in [0.1, 0.15) is 18.9 Å². The van der Waals surface area contributed by atoms with Crippen LogP contribution in [0, 0.1) is 5.82 Å². The number of hydrogen-bond donors (Lipinski definition) is 0. The van der Waals surface area contributed by atoms with Gasteiger partial charge in [0.25, 0.3) is 0 Å². The van der Waals surface area contributed by atoms with Gasteiger partial charge in [-0.1, -0.05) is 13.0 Å². The molecular weight excluding hydrogens is 257 g/mol. The summed E-state index contributed by atoms with van der Waals surface area (Å²) in [5.74, 6) is 1.30. The van der Waals surface area contributed by atoms with E-state index >= 15 is 0 Å². The van der Waals surface area contributed by atoms with Crippen molar-refractivity contribution < 1.29 is 4.39 Å². The number of rotatable bonds is 3. The van der Waals surface area contributed by atoms with Crippen molar-refractivity contribution in [2.75, 3.05) is 23.7 Å². The molecule has 4 heteroatoms. The van der Waals surface area contributed by atoms with Gasteiger partial charge in [-0.25, -0.2) is 4.39 Å². The van der Waals surface area contributed by atoms with Crippen LogP contribution in [0.2, 0.25) is 0 Å². The standard InChI is InChI=1S/C13H17ClFNS/c1-2-11-9-16(5-6-17-11)13-4-3-10(8-14)7-12(13)15/h3-4,7,11H,2,5-6,8-9H2,1H3. The first-order chi connectivity index (χ1) is 8.24. The average Bonchev–Trinajstić information content (AvgIpc) is 2.38. The molecule has 1 aliphatic heterocycles. The molecule has 1 saturated heterocycles. The van der Waals surface area contributed by atoms with Crippen molar-refractivity contribution in [2.45, 2.75) is 24.5 Å². The fraction of sp³-hybridized carbons (Fsp3) is 0.538. The van der Waals surface area contributed by atoms with Crippen LogP contribution in [-0.2, 0) is 5.88 Å². The molecule has 0 amide bonds. The van der Waals surface area contributed by atoms with E-state index in [1.807, 2.05) is 23.9 Å². The Balaban J connectivity index is 2.16. The Hall–Kier alpha value is -0.410. The molecule has 0 bridgehead atoms. The highest BCUT2D eigenvalue weighted by molar-refractivity contribution is 8.00. The third-order valence-electron chi connectivity index (χ3n) is 3.10. The summed E-state index contributed by atoms with van der Waals surface area (Å²) >= 11 is 7.69. The number of thioether (sulfide) groups is 1. The highest BCUT2D eigenvalue weighted by atomic mass is 35.5. The number of nitrogens with zero attached hydrogens (tertiary/aromatic N) is 1.